The van der Waals surface area contributed by atoms with Crippen LogP contribution in [0.5, 0.6) is 0 Å². The molecule has 0 bridgehead atoms. The van der Waals surface area contributed by atoms with E-state index in [1.165, 1.54) is 0 Å². The number of hydrogen-bond donors (Lipinski definition) is 1. The van der Waals surface area contributed by atoms with E-state index in [9.17, 15) is 9.46 Å². The Hall–Kier alpha value is 0.430. The maximum absolute atomic E-state index is 12.4. The van der Waals surface area contributed by atoms with Crippen LogP contribution >= 0.6 is 20.5 Å². The minimum absolute atomic E-state index is 0.0551. The van der Waals surface area contributed by atoms with Crippen molar-refractivity contribution in [3.05, 3.63) is 0 Å². The SMILES string of the molecule is [B]C1CC(OC(C)C)C(COP(=O)([O-])OC2C(COC(C)C)OC([B])C2S)O1. The summed E-state index contributed by atoms with van der Waals surface area (Å²) in [5.41, 5.74) is 0. The molecule has 4 radical (unpaired) electrons. The Morgan fingerprint density at radius 1 is 1.14 bits per heavy atom. The summed E-state index contributed by atoms with van der Waals surface area (Å²) >= 11 is 4.31. The molecule has 2 saturated heterocycles. The maximum Gasteiger partial charge on any atom is 0.268 e. The van der Waals surface area contributed by atoms with Crippen LogP contribution in [-0.2, 0) is 32.6 Å². The average molecular weight is 433 g/mol. The molecule has 2 aliphatic heterocycles. The molecule has 8 nitrogen and oxygen atoms in total. The normalized spacial score (nSPS) is 38.4. The molecule has 2 aliphatic rings. The zero-order chi connectivity index (χ0) is 21.1. The van der Waals surface area contributed by atoms with Gasteiger partial charge in [-0.3, -0.25) is 4.57 Å². The lowest BCUT2D eigenvalue weighted by Gasteiger charge is -2.31. The van der Waals surface area contributed by atoms with Crippen molar-refractivity contribution in [2.24, 2.45) is 0 Å². The van der Waals surface area contributed by atoms with Crippen LogP contribution in [0.3, 0.4) is 0 Å². The number of ether oxygens (including phenoxy) is 4. The highest BCUT2D eigenvalue weighted by molar-refractivity contribution is 7.81. The standard InChI is InChI=1S/C16H29B2O8PS/c1-8(2)21-6-12-14(15(28)16(18)25-12)26-27(19,20)22-7-11-10(23-9(3)4)5-13(17)24-11/h8-16,28H,5-7H2,1-4H3,(H,19,20)/p-1. The molecule has 2 rings (SSSR count). The van der Waals surface area contributed by atoms with E-state index in [-0.39, 0.29) is 31.5 Å². The molecular formula is C16H28B2O8PS-. The highest BCUT2D eigenvalue weighted by Crippen LogP contribution is 2.45. The highest BCUT2D eigenvalue weighted by atomic mass is 32.1. The summed E-state index contributed by atoms with van der Waals surface area (Å²) < 4.78 is 44.8. The maximum atomic E-state index is 12.4. The number of phosphoric ester groups is 1. The van der Waals surface area contributed by atoms with E-state index < -0.39 is 43.4 Å². The van der Waals surface area contributed by atoms with Gasteiger partial charge in [0.1, 0.15) is 34.0 Å². The van der Waals surface area contributed by atoms with Gasteiger partial charge in [-0.25, -0.2) is 0 Å². The monoisotopic (exact) mass is 433 g/mol. The fourth-order valence-corrected chi connectivity index (χ4v) is 4.42. The number of hydrogen-bond acceptors (Lipinski definition) is 9. The zero-order valence-corrected chi connectivity index (χ0v) is 18.4. The third-order valence-corrected chi connectivity index (χ3v) is 5.84. The van der Waals surface area contributed by atoms with Crippen molar-refractivity contribution in [3.8, 4) is 0 Å². The lowest BCUT2D eigenvalue weighted by molar-refractivity contribution is -0.234. The first kappa shape index (κ1) is 24.7. The molecule has 158 valence electrons. The second-order valence-corrected chi connectivity index (χ2v) is 9.46. The summed E-state index contributed by atoms with van der Waals surface area (Å²) in [6, 6.07) is -1.32. The van der Waals surface area contributed by atoms with Crippen molar-refractivity contribution in [3.63, 3.8) is 0 Å². The topological polar surface area (TPSA) is 95.5 Å². The van der Waals surface area contributed by atoms with Crippen LogP contribution in [0.15, 0.2) is 0 Å². The van der Waals surface area contributed by atoms with Gasteiger partial charge in [-0.1, -0.05) is 0 Å². The molecule has 0 saturated carbocycles. The zero-order valence-electron chi connectivity index (χ0n) is 16.6. The van der Waals surface area contributed by atoms with Gasteiger partial charge in [0.15, 0.2) is 0 Å². The minimum atomic E-state index is -4.69. The van der Waals surface area contributed by atoms with E-state index in [0.29, 0.717) is 6.42 Å². The van der Waals surface area contributed by atoms with Crippen molar-refractivity contribution >= 4 is 36.1 Å². The van der Waals surface area contributed by atoms with Crippen LogP contribution in [0.25, 0.3) is 0 Å². The fraction of sp³-hybridized carbons (Fsp3) is 1.00. The summed E-state index contributed by atoms with van der Waals surface area (Å²) in [5, 5.41) is -0.653. The molecule has 12 heteroatoms. The lowest BCUT2D eigenvalue weighted by Crippen LogP contribution is -2.37. The van der Waals surface area contributed by atoms with Crippen LogP contribution in [-0.4, -0.2) is 82.8 Å². The van der Waals surface area contributed by atoms with E-state index in [1.54, 1.807) is 0 Å². The van der Waals surface area contributed by atoms with Gasteiger partial charge in [0.05, 0.1) is 31.5 Å². The summed E-state index contributed by atoms with van der Waals surface area (Å²) in [6.07, 6.45) is -2.25. The van der Waals surface area contributed by atoms with Gasteiger partial charge in [-0.2, -0.15) is 12.6 Å². The van der Waals surface area contributed by atoms with Gasteiger partial charge in [-0.15, -0.1) is 0 Å². The van der Waals surface area contributed by atoms with Crippen LogP contribution in [0.2, 0.25) is 0 Å². The third kappa shape index (κ3) is 7.29. The highest BCUT2D eigenvalue weighted by Gasteiger charge is 2.43. The van der Waals surface area contributed by atoms with E-state index in [4.69, 9.17) is 43.7 Å². The van der Waals surface area contributed by atoms with E-state index in [1.807, 2.05) is 27.7 Å². The van der Waals surface area contributed by atoms with Crippen molar-refractivity contribution in [2.75, 3.05) is 13.2 Å². The molecule has 0 aromatic heterocycles. The molecule has 0 aliphatic carbocycles. The smallest absolute Gasteiger partial charge is 0.268 e. The van der Waals surface area contributed by atoms with E-state index in [0.717, 1.165) is 0 Å². The Morgan fingerprint density at radius 2 is 1.82 bits per heavy atom. The number of rotatable bonds is 10. The van der Waals surface area contributed by atoms with Crippen LogP contribution < -0.4 is 4.89 Å². The molecule has 8 unspecified atom stereocenters. The van der Waals surface area contributed by atoms with Crippen LogP contribution in [0.1, 0.15) is 34.1 Å². The van der Waals surface area contributed by atoms with Gasteiger partial charge < -0.3 is 32.9 Å². The van der Waals surface area contributed by atoms with E-state index in [2.05, 4.69) is 12.6 Å². The summed E-state index contributed by atoms with van der Waals surface area (Å²) in [4.78, 5) is 12.4. The van der Waals surface area contributed by atoms with Crippen LogP contribution in [0, 0.1) is 0 Å². The Labute approximate surface area is 175 Å². The Kier molecular flexibility index (Phi) is 9.39. The molecule has 0 amide bonds. The van der Waals surface area contributed by atoms with Crippen LogP contribution in [0.4, 0.5) is 0 Å². The number of thiol groups is 1. The van der Waals surface area contributed by atoms with Gasteiger partial charge in [0.25, 0.3) is 7.82 Å². The number of phosphoric acid groups is 1. The molecule has 8 atom stereocenters. The first-order chi connectivity index (χ1) is 13.0. The molecule has 28 heavy (non-hydrogen) atoms. The first-order valence-corrected chi connectivity index (χ1v) is 11.4. The van der Waals surface area contributed by atoms with Gasteiger partial charge in [0, 0.05) is 17.3 Å². The van der Waals surface area contributed by atoms with Gasteiger partial charge in [0.2, 0.25) is 0 Å². The van der Waals surface area contributed by atoms with E-state index >= 15 is 0 Å². The summed E-state index contributed by atoms with van der Waals surface area (Å²) in [6.45, 7) is 7.31. The molecule has 0 aromatic carbocycles. The lowest BCUT2D eigenvalue weighted by atomic mass is 9.95. The second kappa shape index (κ2) is 10.6. The predicted octanol–water partition coefficient (Wildman–Crippen LogP) is 0.551. The van der Waals surface area contributed by atoms with Gasteiger partial charge >= 0.3 is 0 Å². The molecule has 0 N–H and O–H groups in total. The third-order valence-electron chi connectivity index (χ3n) is 4.29. The Balaban J connectivity index is 1.93. The largest absolute Gasteiger partial charge is 0.756 e. The van der Waals surface area contributed by atoms with Crippen molar-refractivity contribution < 1.29 is 37.5 Å². The summed E-state index contributed by atoms with van der Waals surface area (Å²) in [5.74, 6) is 0. The molecule has 2 fully saturated rings. The van der Waals surface area contributed by atoms with Crippen molar-refractivity contribution in [1.82, 2.24) is 0 Å². The average Bonchev–Trinajstić information content (AvgIpc) is 3.04. The molecular weight excluding hydrogens is 405 g/mol. The Bertz CT molecular complexity index is 543. The molecule has 0 aromatic rings. The predicted molar refractivity (Wildman–Crippen MR) is 106 cm³/mol. The van der Waals surface area contributed by atoms with Crippen molar-refractivity contribution in [2.45, 2.75) is 88.0 Å². The van der Waals surface area contributed by atoms with Gasteiger partial charge in [-0.05, 0) is 34.1 Å². The minimum Gasteiger partial charge on any atom is -0.756 e. The first-order valence-electron chi connectivity index (χ1n) is 9.39. The summed E-state index contributed by atoms with van der Waals surface area (Å²) in [7, 11) is 6.91. The van der Waals surface area contributed by atoms with Crippen molar-refractivity contribution in [1.29, 1.82) is 0 Å². The fourth-order valence-electron chi connectivity index (χ4n) is 3.05. The Morgan fingerprint density at radius 3 is 2.43 bits per heavy atom. The second-order valence-electron chi connectivity index (χ2n) is 7.50. The quantitative estimate of drug-likeness (QED) is 0.304. The molecule has 0 spiro atoms. The molecule has 2 heterocycles.